The molecule has 1 aliphatic heterocycles. The molecule has 1 aromatic rings. The molecule has 1 atom stereocenters. The summed E-state index contributed by atoms with van der Waals surface area (Å²) in [7, 11) is 1.47. The lowest BCUT2D eigenvalue weighted by atomic mass is 9.80. The van der Waals surface area contributed by atoms with E-state index in [1.807, 2.05) is 30.3 Å². The van der Waals surface area contributed by atoms with Gasteiger partial charge in [-0.1, -0.05) is 30.3 Å². The first-order valence-corrected chi connectivity index (χ1v) is 7.65. The van der Waals surface area contributed by atoms with Crippen molar-refractivity contribution >= 4 is 11.9 Å². The zero-order valence-electron chi connectivity index (χ0n) is 13.5. The molecule has 0 spiro atoms. The second-order valence-corrected chi connectivity index (χ2v) is 5.98. The van der Waals surface area contributed by atoms with Crippen LogP contribution in [0, 0.1) is 5.41 Å². The zero-order chi connectivity index (χ0) is 16.9. The molecule has 1 heterocycles. The number of hydrogen-bond donors (Lipinski definition) is 2. The molecule has 6 nitrogen and oxygen atoms in total. The van der Waals surface area contributed by atoms with E-state index in [4.69, 9.17) is 9.47 Å². The van der Waals surface area contributed by atoms with Crippen molar-refractivity contribution in [1.82, 2.24) is 5.32 Å². The molecule has 126 valence electrons. The second kappa shape index (κ2) is 7.10. The molecule has 1 aromatic carbocycles. The number of rotatable bonds is 6. The Morgan fingerprint density at radius 3 is 2.43 bits per heavy atom. The fraction of sp³-hybridized carbons (Fsp3) is 0.529. The van der Waals surface area contributed by atoms with Crippen LogP contribution in [0.5, 0.6) is 0 Å². The predicted octanol–water partition coefficient (Wildman–Crippen LogP) is 1.55. The summed E-state index contributed by atoms with van der Waals surface area (Å²) >= 11 is 0. The van der Waals surface area contributed by atoms with Crippen LogP contribution >= 0.6 is 0 Å². The highest BCUT2D eigenvalue weighted by Gasteiger charge is 2.42. The highest BCUT2D eigenvalue weighted by atomic mass is 16.5. The van der Waals surface area contributed by atoms with E-state index in [1.54, 1.807) is 6.92 Å². The van der Waals surface area contributed by atoms with Crippen LogP contribution in [-0.4, -0.2) is 43.9 Å². The van der Waals surface area contributed by atoms with Crippen molar-refractivity contribution in [2.75, 3.05) is 26.9 Å². The van der Waals surface area contributed by atoms with E-state index in [1.165, 1.54) is 7.11 Å². The fourth-order valence-electron chi connectivity index (χ4n) is 2.74. The maximum Gasteiger partial charge on any atom is 0.311 e. The van der Waals surface area contributed by atoms with E-state index >= 15 is 0 Å². The monoisotopic (exact) mass is 321 g/mol. The number of amides is 1. The summed E-state index contributed by atoms with van der Waals surface area (Å²) in [4.78, 5) is 24.3. The molecule has 0 saturated carbocycles. The molecule has 0 aromatic heterocycles. The SMILES string of the molecule is COC(C)(C(=O)NCC1(C(=O)O)CCOCC1)c1ccccc1. The first-order chi connectivity index (χ1) is 10.9. The van der Waals surface area contributed by atoms with Gasteiger partial charge in [-0.05, 0) is 25.3 Å². The van der Waals surface area contributed by atoms with Crippen molar-refractivity contribution in [3.05, 3.63) is 35.9 Å². The number of benzene rings is 1. The lowest BCUT2D eigenvalue weighted by Gasteiger charge is -2.35. The van der Waals surface area contributed by atoms with Gasteiger partial charge in [0.15, 0.2) is 5.60 Å². The normalized spacial score (nSPS) is 19.6. The first kappa shape index (κ1) is 17.4. The van der Waals surface area contributed by atoms with Gasteiger partial charge in [-0.15, -0.1) is 0 Å². The van der Waals surface area contributed by atoms with Crippen LogP contribution in [-0.2, 0) is 24.7 Å². The van der Waals surface area contributed by atoms with Gasteiger partial charge in [0.1, 0.15) is 0 Å². The van der Waals surface area contributed by atoms with Crippen molar-refractivity contribution in [2.45, 2.75) is 25.4 Å². The molecule has 1 aliphatic rings. The van der Waals surface area contributed by atoms with Crippen LogP contribution < -0.4 is 5.32 Å². The molecule has 6 heteroatoms. The third-order valence-corrected chi connectivity index (χ3v) is 4.66. The number of ether oxygens (including phenoxy) is 2. The second-order valence-electron chi connectivity index (χ2n) is 5.98. The van der Waals surface area contributed by atoms with Crippen molar-refractivity contribution < 1.29 is 24.2 Å². The van der Waals surface area contributed by atoms with Crippen molar-refractivity contribution in [3.8, 4) is 0 Å². The molecule has 1 saturated heterocycles. The summed E-state index contributed by atoms with van der Waals surface area (Å²) < 4.78 is 10.7. The van der Waals surface area contributed by atoms with Gasteiger partial charge in [0.2, 0.25) is 0 Å². The minimum absolute atomic E-state index is 0.0658. The Hall–Kier alpha value is -1.92. The summed E-state index contributed by atoms with van der Waals surface area (Å²) in [6.07, 6.45) is 0.773. The first-order valence-electron chi connectivity index (χ1n) is 7.65. The average Bonchev–Trinajstić information content (AvgIpc) is 2.60. The maximum atomic E-state index is 12.6. The number of hydrogen-bond acceptors (Lipinski definition) is 4. The van der Waals surface area contributed by atoms with Gasteiger partial charge in [0.25, 0.3) is 5.91 Å². The van der Waals surface area contributed by atoms with Gasteiger partial charge in [-0.25, -0.2) is 0 Å². The molecular formula is C17H23NO5. The summed E-state index contributed by atoms with van der Waals surface area (Å²) in [6.45, 7) is 2.52. The number of methoxy groups -OCH3 is 1. The van der Waals surface area contributed by atoms with Gasteiger partial charge in [0, 0.05) is 26.9 Å². The summed E-state index contributed by atoms with van der Waals surface area (Å²) in [5.41, 5.74) is -1.41. The molecule has 1 unspecified atom stereocenters. The van der Waals surface area contributed by atoms with Crippen LogP contribution in [0.15, 0.2) is 30.3 Å². The molecule has 1 amide bonds. The highest BCUT2D eigenvalue weighted by Crippen LogP contribution is 2.31. The Morgan fingerprint density at radius 1 is 1.30 bits per heavy atom. The highest BCUT2D eigenvalue weighted by molar-refractivity contribution is 5.87. The van der Waals surface area contributed by atoms with Crippen molar-refractivity contribution in [3.63, 3.8) is 0 Å². The standard InChI is InChI=1S/C17H23NO5/c1-16(22-2,13-6-4-3-5-7-13)14(19)18-12-17(15(20)21)8-10-23-11-9-17/h3-7H,8-12H2,1-2H3,(H,18,19)(H,20,21). The smallest absolute Gasteiger partial charge is 0.311 e. The van der Waals surface area contributed by atoms with Gasteiger partial charge >= 0.3 is 5.97 Å². The number of aliphatic carboxylic acids is 1. The van der Waals surface area contributed by atoms with E-state index in [0.717, 1.165) is 5.56 Å². The van der Waals surface area contributed by atoms with Crippen LogP contribution in [0.25, 0.3) is 0 Å². The number of carboxylic acids is 1. The van der Waals surface area contributed by atoms with Gasteiger partial charge in [-0.2, -0.15) is 0 Å². The lowest BCUT2D eigenvalue weighted by molar-refractivity contribution is -0.156. The third kappa shape index (κ3) is 3.54. The van der Waals surface area contributed by atoms with E-state index < -0.39 is 17.0 Å². The summed E-state index contributed by atoms with van der Waals surface area (Å²) in [5.74, 6) is -1.25. The molecule has 0 aliphatic carbocycles. The maximum absolute atomic E-state index is 12.6. The zero-order valence-corrected chi connectivity index (χ0v) is 13.5. The number of carboxylic acid groups (broad SMARTS) is 1. The summed E-state index contributed by atoms with van der Waals surface area (Å²) in [6, 6.07) is 9.14. The Balaban J connectivity index is 2.12. The molecular weight excluding hydrogens is 298 g/mol. The van der Waals surface area contributed by atoms with Gasteiger partial charge in [-0.3, -0.25) is 9.59 Å². The number of carbonyl (C=O) groups is 2. The number of nitrogens with one attached hydrogen (secondary N) is 1. The third-order valence-electron chi connectivity index (χ3n) is 4.66. The Morgan fingerprint density at radius 2 is 1.91 bits per heavy atom. The molecule has 0 bridgehead atoms. The largest absolute Gasteiger partial charge is 0.481 e. The predicted molar refractivity (Wildman–Crippen MR) is 83.9 cm³/mol. The molecule has 1 fully saturated rings. The van der Waals surface area contributed by atoms with E-state index in [-0.39, 0.29) is 12.5 Å². The molecule has 2 N–H and O–H groups in total. The topological polar surface area (TPSA) is 84.9 Å². The lowest BCUT2D eigenvalue weighted by Crippen LogP contribution is -2.51. The van der Waals surface area contributed by atoms with Crippen LogP contribution in [0.2, 0.25) is 0 Å². The van der Waals surface area contributed by atoms with Gasteiger partial charge in [0.05, 0.1) is 5.41 Å². The number of carbonyl (C=O) groups excluding carboxylic acids is 1. The Bertz CT molecular complexity index is 553. The minimum Gasteiger partial charge on any atom is -0.481 e. The Kier molecular flexibility index (Phi) is 5.38. The quantitative estimate of drug-likeness (QED) is 0.830. The molecule has 0 radical (unpaired) electrons. The molecule has 2 rings (SSSR count). The minimum atomic E-state index is -1.16. The van der Waals surface area contributed by atoms with E-state index in [0.29, 0.717) is 26.1 Å². The van der Waals surface area contributed by atoms with Crippen LogP contribution in [0.4, 0.5) is 0 Å². The van der Waals surface area contributed by atoms with Crippen LogP contribution in [0.1, 0.15) is 25.3 Å². The average molecular weight is 321 g/mol. The fourth-order valence-corrected chi connectivity index (χ4v) is 2.74. The molecule has 23 heavy (non-hydrogen) atoms. The van der Waals surface area contributed by atoms with Gasteiger partial charge < -0.3 is 19.9 Å². The van der Waals surface area contributed by atoms with E-state index in [9.17, 15) is 14.7 Å². The summed E-state index contributed by atoms with van der Waals surface area (Å²) in [5, 5.41) is 12.3. The van der Waals surface area contributed by atoms with Crippen molar-refractivity contribution in [2.24, 2.45) is 5.41 Å². The Labute approximate surface area is 135 Å². The van der Waals surface area contributed by atoms with E-state index in [2.05, 4.69) is 5.32 Å². The van der Waals surface area contributed by atoms with Crippen molar-refractivity contribution in [1.29, 1.82) is 0 Å². The van der Waals surface area contributed by atoms with Crippen LogP contribution in [0.3, 0.4) is 0 Å².